The van der Waals surface area contributed by atoms with Crippen molar-refractivity contribution in [2.75, 3.05) is 18.2 Å². The molecule has 2 aromatic carbocycles. The van der Waals surface area contributed by atoms with E-state index < -0.39 is 0 Å². The van der Waals surface area contributed by atoms with Gasteiger partial charge in [0.25, 0.3) is 0 Å². The van der Waals surface area contributed by atoms with Gasteiger partial charge in [-0.2, -0.15) is 0 Å². The van der Waals surface area contributed by atoms with Crippen LogP contribution < -0.4 is 10.1 Å². The second-order valence-electron chi connectivity index (χ2n) is 6.93. The molecule has 7 nitrogen and oxygen atoms in total. The van der Waals surface area contributed by atoms with E-state index in [2.05, 4.69) is 15.5 Å². The Morgan fingerprint density at radius 1 is 1.10 bits per heavy atom. The molecule has 0 aliphatic carbocycles. The van der Waals surface area contributed by atoms with Crippen molar-refractivity contribution in [3.8, 4) is 23.0 Å². The molecule has 4 aromatic rings. The summed E-state index contributed by atoms with van der Waals surface area (Å²) in [4.78, 5) is 12.6. The molecule has 1 N–H and O–H groups in total. The highest BCUT2D eigenvalue weighted by molar-refractivity contribution is 7.99. The van der Waals surface area contributed by atoms with Gasteiger partial charge in [-0.25, -0.2) is 0 Å². The number of para-hydroxylation sites is 1. The van der Waals surface area contributed by atoms with Crippen LogP contribution in [-0.2, 0) is 4.79 Å². The summed E-state index contributed by atoms with van der Waals surface area (Å²) >= 11 is 1.32. The van der Waals surface area contributed by atoms with Crippen LogP contribution in [0.5, 0.6) is 5.75 Å². The van der Waals surface area contributed by atoms with E-state index in [1.165, 1.54) is 11.8 Å². The molecule has 2 heterocycles. The standard InChI is InChI=1S/C23H22N4O3S/c1-15-13-20(29-3)16(2)12-18(15)24-21(28)14-31-23-26-25-22(19-10-7-11-30-19)27(23)17-8-5-4-6-9-17/h4-13H,14H2,1-3H3,(H,24,28). The molecular weight excluding hydrogens is 412 g/mol. The van der Waals surface area contributed by atoms with Crippen LogP contribution in [0.2, 0.25) is 0 Å². The molecule has 0 saturated carbocycles. The Hall–Kier alpha value is -3.52. The molecule has 0 spiro atoms. The monoisotopic (exact) mass is 434 g/mol. The van der Waals surface area contributed by atoms with E-state index in [0.29, 0.717) is 16.7 Å². The first-order chi connectivity index (χ1) is 15.1. The van der Waals surface area contributed by atoms with Gasteiger partial charge in [0.15, 0.2) is 10.9 Å². The topological polar surface area (TPSA) is 82.2 Å². The van der Waals surface area contributed by atoms with Gasteiger partial charge in [-0.3, -0.25) is 9.36 Å². The molecule has 0 fully saturated rings. The summed E-state index contributed by atoms with van der Waals surface area (Å²) in [5, 5.41) is 12.2. The summed E-state index contributed by atoms with van der Waals surface area (Å²) in [5.41, 5.74) is 3.56. The number of thioether (sulfide) groups is 1. The van der Waals surface area contributed by atoms with Gasteiger partial charge in [-0.1, -0.05) is 30.0 Å². The van der Waals surface area contributed by atoms with Crippen molar-refractivity contribution >= 4 is 23.4 Å². The van der Waals surface area contributed by atoms with Crippen molar-refractivity contribution in [2.24, 2.45) is 0 Å². The average molecular weight is 435 g/mol. The quantitative estimate of drug-likeness (QED) is 0.417. The number of methoxy groups -OCH3 is 1. The van der Waals surface area contributed by atoms with Crippen LogP contribution in [0, 0.1) is 13.8 Å². The fraction of sp³-hybridized carbons (Fsp3) is 0.174. The summed E-state index contributed by atoms with van der Waals surface area (Å²) in [6.07, 6.45) is 1.60. The van der Waals surface area contributed by atoms with Gasteiger partial charge >= 0.3 is 0 Å². The third-order valence-electron chi connectivity index (χ3n) is 4.74. The predicted octanol–water partition coefficient (Wildman–Crippen LogP) is 4.88. The van der Waals surface area contributed by atoms with Gasteiger partial charge < -0.3 is 14.5 Å². The highest BCUT2D eigenvalue weighted by Gasteiger charge is 2.19. The number of aromatic nitrogens is 3. The average Bonchev–Trinajstić information content (AvgIpc) is 3.45. The molecule has 2 aromatic heterocycles. The molecule has 31 heavy (non-hydrogen) atoms. The summed E-state index contributed by atoms with van der Waals surface area (Å²) in [7, 11) is 1.64. The Bertz CT molecular complexity index is 1190. The summed E-state index contributed by atoms with van der Waals surface area (Å²) < 4.78 is 12.7. The lowest BCUT2D eigenvalue weighted by Gasteiger charge is -2.13. The van der Waals surface area contributed by atoms with E-state index in [9.17, 15) is 4.79 Å². The van der Waals surface area contributed by atoms with Crippen LogP contribution in [0.3, 0.4) is 0 Å². The van der Waals surface area contributed by atoms with Crippen LogP contribution in [0.25, 0.3) is 17.3 Å². The Morgan fingerprint density at radius 3 is 2.61 bits per heavy atom. The number of nitrogens with one attached hydrogen (secondary N) is 1. The number of furan rings is 1. The van der Waals surface area contributed by atoms with E-state index in [0.717, 1.165) is 28.3 Å². The molecule has 8 heteroatoms. The van der Waals surface area contributed by atoms with Gasteiger partial charge in [-0.15, -0.1) is 10.2 Å². The summed E-state index contributed by atoms with van der Waals surface area (Å²) in [6.45, 7) is 3.88. The Labute approximate surface area is 184 Å². The number of carbonyl (C=O) groups is 1. The maximum atomic E-state index is 12.6. The molecule has 0 atom stereocenters. The number of benzene rings is 2. The number of carbonyl (C=O) groups excluding carboxylic acids is 1. The van der Waals surface area contributed by atoms with Crippen LogP contribution in [0.4, 0.5) is 5.69 Å². The Morgan fingerprint density at radius 2 is 1.90 bits per heavy atom. The van der Waals surface area contributed by atoms with Crippen molar-refractivity contribution < 1.29 is 13.9 Å². The van der Waals surface area contributed by atoms with Crippen LogP contribution in [0.1, 0.15) is 11.1 Å². The maximum absolute atomic E-state index is 12.6. The minimum atomic E-state index is -0.125. The minimum absolute atomic E-state index is 0.125. The van der Waals surface area contributed by atoms with Crippen molar-refractivity contribution in [3.05, 3.63) is 72.0 Å². The minimum Gasteiger partial charge on any atom is -0.496 e. The summed E-state index contributed by atoms with van der Waals surface area (Å²) in [6, 6.07) is 17.2. The maximum Gasteiger partial charge on any atom is 0.234 e. The van der Waals surface area contributed by atoms with E-state index in [4.69, 9.17) is 9.15 Å². The van der Waals surface area contributed by atoms with Crippen molar-refractivity contribution in [1.29, 1.82) is 0 Å². The fourth-order valence-electron chi connectivity index (χ4n) is 3.20. The number of aryl methyl sites for hydroxylation is 2. The molecule has 0 aliphatic heterocycles. The van der Waals surface area contributed by atoms with E-state index in [-0.39, 0.29) is 11.7 Å². The van der Waals surface area contributed by atoms with Gasteiger partial charge in [0.05, 0.1) is 19.1 Å². The Balaban J connectivity index is 1.54. The third kappa shape index (κ3) is 4.49. The van der Waals surface area contributed by atoms with E-state index in [1.54, 1.807) is 19.4 Å². The van der Waals surface area contributed by atoms with Crippen LogP contribution in [-0.4, -0.2) is 33.5 Å². The first-order valence-electron chi connectivity index (χ1n) is 9.69. The van der Waals surface area contributed by atoms with Crippen molar-refractivity contribution in [1.82, 2.24) is 14.8 Å². The first kappa shape index (κ1) is 20.7. The number of anilines is 1. The smallest absolute Gasteiger partial charge is 0.234 e. The number of ether oxygens (including phenoxy) is 1. The molecule has 0 bridgehead atoms. The SMILES string of the molecule is COc1cc(C)c(NC(=O)CSc2nnc(-c3ccco3)n2-c2ccccc2)cc1C. The highest BCUT2D eigenvalue weighted by Crippen LogP contribution is 2.29. The normalized spacial score (nSPS) is 10.8. The van der Waals surface area contributed by atoms with Crippen molar-refractivity contribution in [3.63, 3.8) is 0 Å². The molecule has 158 valence electrons. The molecular formula is C23H22N4O3S. The lowest BCUT2D eigenvalue weighted by atomic mass is 10.1. The zero-order valence-electron chi connectivity index (χ0n) is 17.5. The second kappa shape index (κ2) is 9.09. The van der Waals surface area contributed by atoms with Crippen LogP contribution in [0.15, 0.2) is 70.4 Å². The van der Waals surface area contributed by atoms with Gasteiger partial charge in [0.1, 0.15) is 5.75 Å². The number of amides is 1. The Kier molecular flexibility index (Phi) is 6.08. The highest BCUT2D eigenvalue weighted by atomic mass is 32.2. The zero-order chi connectivity index (χ0) is 21.8. The molecule has 1 amide bonds. The van der Waals surface area contributed by atoms with E-state index in [1.807, 2.05) is 66.9 Å². The lowest BCUT2D eigenvalue weighted by molar-refractivity contribution is -0.113. The molecule has 0 unspecified atom stereocenters. The van der Waals surface area contributed by atoms with Gasteiger partial charge in [0.2, 0.25) is 11.7 Å². The number of hydrogen-bond acceptors (Lipinski definition) is 6. The largest absolute Gasteiger partial charge is 0.496 e. The predicted molar refractivity (Wildman–Crippen MR) is 121 cm³/mol. The molecule has 0 aliphatic rings. The molecule has 0 radical (unpaired) electrons. The zero-order valence-corrected chi connectivity index (χ0v) is 18.3. The van der Waals surface area contributed by atoms with Crippen LogP contribution >= 0.6 is 11.8 Å². The molecule has 4 rings (SSSR count). The van der Waals surface area contributed by atoms with E-state index >= 15 is 0 Å². The summed E-state index contributed by atoms with van der Waals surface area (Å²) in [5.74, 6) is 2.05. The number of hydrogen-bond donors (Lipinski definition) is 1. The second-order valence-corrected chi connectivity index (χ2v) is 7.87. The first-order valence-corrected chi connectivity index (χ1v) is 10.7. The molecule has 0 saturated heterocycles. The fourth-order valence-corrected chi connectivity index (χ4v) is 3.95. The number of rotatable bonds is 7. The van der Waals surface area contributed by atoms with Gasteiger partial charge in [0, 0.05) is 11.4 Å². The van der Waals surface area contributed by atoms with Crippen molar-refractivity contribution in [2.45, 2.75) is 19.0 Å². The van der Waals surface area contributed by atoms with Gasteiger partial charge in [-0.05, 0) is 61.4 Å². The number of nitrogens with zero attached hydrogens (tertiary/aromatic N) is 3. The third-order valence-corrected chi connectivity index (χ3v) is 5.67. The lowest BCUT2D eigenvalue weighted by Crippen LogP contribution is -2.15.